The summed E-state index contributed by atoms with van der Waals surface area (Å²) in [7, 11) is 0. The van der Waals surface area contributed by atoms with Crippen molar-refractivity contribution in [3.05, 3.63) is 35.4 Å². The number of nitrogens with zero attached hydrogens (tertiary/aromatic N) is 1. The Morgan fingerprint density at radius 3 is 2.40 bits per heavy atom. The number of imide groups is 1. The summed E-state index contributed by atoms with van der Waals surface area (Å²) in [4.78, 5) is 36.6. The van der Waals surface area contributed by atoms with E-state index < -0.39 is 0 Å². The number of hydrogen-bond donors (Lipinski definition) is 1. The van der Waals surface area contributed by atoms with Gasteiger partial charge in [0, 0.05) is 31.8 Å². The third-order valence-electron chi connectivity index (χ3n) is 5.17. The van der Waals surface area contributed by atoms with Crippen molar-refractivity contribution in [2.24, 2.45) is 5.92 Å². The number of likely N-dealkylation sites (tertiary alicyclic amines) is 1. The summed E-state index contributed by atoms with van der Waals surface area (Å²) in [5, 5.41) is 2.94. The minimum absolute atomic E-state index is 0.0555. The maximum atomic E-state index is 12.2. The van der Waals surface area contributed by atoms with Crippen LogP contribution < -0.4 is 5.32 Å². The first-order valence-corrected chi connectivity index (χ1v) is 9.18. The molecule has 3 amide bonds. The molecule has 2 aliphatic rings. The Kier molecular flexibility index (Phi) is 5.21. The summed E-state index contributed by atoms with van der Waals surface area (Å²) in [6.07, 6.45) is 2.16. The largest absolute Gasteiger partial charge is 0.356 e. The zero-order chi connectivity index (χ0) is 18.0. The molecule has 0 aromatic heterocycles. The van der Waals surface area contributed by atoms with Crippen LogP contribution in [0.5, 0.6) is 0 Å². The van der Waals surface area contributed by atoms with Crippen LogP contribution in [0.15, 0.2) is 24.3 Å². The van der Waals surface area contributed by atoms with Gasteiger partial charge in [0.15, 0.2) is 0 Å². The molecular formula is C20H26N2O3. The molecule has 3 rings (SSSR count). The van der Waals surface area contributed by atoms with Gasteiger partial charge in [0.2, 0.25) is 17.7 Å². The number of hydrogen-bond acceptors (Lipinski definition) is 3. The van der Waals surface area contributed by atoms with Crippen molar-refractivity contribution in [3.8, 4) is 0 Å². The molecule has 1 saturated heterocycles. The molecular weight excluding hydrogens is 316 g/mol. The summed E-state index contributed by atoms with van der Waals surface area (Å²) in [6.45, 7) is 5.26. The number of nitrogens with one attached hydrogen (secondary N) is 1. The summed E-state index contributed by atoms with van der Waals surface area (Å²) in [5.41, 5.74) is 2.55. The van der Waals surface area contributed by atoms with E-state index in [1.54, 1.807) is 0 Å². The average molecular weight is 342 g/mol. The molecule has 1 aliphatic carbocycles. The lowest BCUT2D eigenvalue weighted by molar-refractivity contribution is -0.138. The fraction of sp³-hybridized carbons (Fsp3) is 0.550. The monoisotopic (exact) mass is 342 g/mol. The van der Waals surface area contributed by atoms with E-state index in [0.717, 1.165) is 6.42 Å². The van der Waals surface area contributed by atoms with Crippen molar-refractivity contribution < 1.29 is 14.4 Å². The number of rotatable bonds is 7. The van der Waals surface area contributed by atoms with E-state index in [9.17, 15) is 14.4 Å². The first kappa shape index (κ1) is 17.6. The number of benzene rings is 1. The van der Waals surface area contributed by atoms with Crippen LogP contribution in [0.4, 0.5) is 0 Å². The molecule has 0 bridgehead atoms. The minimum Gasteiger partial charge on any atom is -0.356 e. The zero-order valence-electron chi connectivity index (χ0n) is 15.0. The third-order valence-corrected chi connectivity index (χ3v) is 5.17. The second-order valence-electron chi connectivity index (χ2n) is 7.35. The van der Waals surface area contributed by atoms with Gasteiger partial charge in [-0.15, -0.1) is 0 Å². The number of carbonyl (C=O) groups excluding carboxylic acids is 3. The topological polar surface area (TPSA) is 66.5 Å². The lowest BCUT2D eigenvalue weighted by Gasteiger charge is -2.13. The molecule has 2 fully saturated rings. The van der Waals surface area contributed by atoms with Gasteiger partial charge < -0.3 is 5.32 Å². The molecule has 1 aliphatic heterocycles. The quantitative estimate of drug-likeness (QED) is 0.612. The van der Waals surface area contributed by atoms with Gasteiger partial charge in [0.05, 0.1) is 0 Å². The first-order chi connectivity index (χ1) is 12.0. The Balaban J connectivity index is 1.40. The van der Waals surface area contributed by atoms with Crippen molar-refractivity contribution in [3.63, 3.8) is 0 Å². The van der Waals surface area contributed by atoms with E-state index in [2.05, 4.69) is 43.4 Å². The highest BCUT2D eigenvalue weighted by atomic mass is 16.2. The van der Waals surface area contributed by atoms with Crippen LogP contribution in [0.2, 0.25) is 0 Å². The van der Waals surface area contributed by atoms with Gasteiger partial charge in [-0.05, 0) is 35.8 Å². The molecule has 1 heterocycles. The highest BCUT2D eigenvalue weighted by Crippen LogP contribution is 2.47. The molecule has 25 heavy (non-hydrogen) atoms. The van der Waals surface area contributed by atoms with Crippen LogP contribution in [0.25, 0.3) is 0 Å². The van der Waals surface area contributed by atoms with Crippen LogP contribution in [-0.2, 0) is 14.4 Å². The molecule has 1 aromatic carbocycles. The zero-order valence-corrected chi connectivity index (χ0v) is 15.0. The van der Waals surface area contributed by atoms with Crippen molar-refractivity contribution in [2.75, 3.05) is 13.1 Å². The van der Waals surface area contributed by atoms with Gasteiger partial charge in [-0.2, -0.15) is 0 Å². The molecule has 0 spiro atoms. The Bertz CT molecular complexity index is 650. The standard InChI is InChI=1S/C20H26N2O3/c1-13(2)14-4-6-15(7-5-14)16-12-17(16)20(25)21-10-3-11-22-18(23)8-9-19(22)24/h4-7,13,16-17H,3,8-12H2,1-2H3,(H,21,25)/t16-,17+/m1/s1. The van der Waals surface area contributed by atoms with Gasteiger partial charge in [-0.1, -0.05) is 38.1 Å². The Hall–Kier alpha value is -2.17. The molecule has 1 aromatic rings. The van der Waals surface area contributed by atoms with Crippen molar-refractivity contribution >= 4 is 17.7 Å². The second-order valence-corrected chi connectivity index (χ2v) is 7.35. The van der Waals surface area contributed by atoms with Gasteiger partial charge in [-0.3, -0.25) is 19.3 Å². The highest BCUT2D eigenvalue weighted by Gasteiger charge is 2.43. The Labute approximate surface area is 148 Å². The molecule has 2 atom stereocenters. The van der Waals surface area contributed by atoms with E-state index in [0.29, 0.717) is 44.2 Å². The fourth-order valence-electron chi connectivity index (χ4n) is 3.43. The van der Waals surface area contributed by atoms with Crippen molar-refractivity contribution in [1.82, 2.24) is 10.2 Å². The molecule has 134 valence electrons. The molecule has 0 unspecified atom stereocenters. The van der Waals surface area contributed by atoms with E-state index in [1.807, 2.05) is 0 Å². The number of amides is 3. The lowest BCUT2D eigenvalue weighted by Crippen LogP contribution is -2.33. The van der Waals surface area contributed by atoms with Crippen LogP contribution in [0.3, 0.4) is 0 Å². The van der Waals surface area contributed by atoms with Crippen LogP contribution in [-0.4, -0.2) is 35.7 Å². The second kappa shape index (κ2) is 7.38. The summed E-state index contributed by atoms with van der Waals surface area (Å²) < 4.78 is 0. The highest BCUT2D eigenvalue weighted by molar-refractivity contribution is 6.01. The first-order valence-electron chi connectivity index (χ1n) is 9.18. The Morgan fingerprint density at radius 1 is 1.16 bits per heavy atom. The van der Waals surface area contributed by atoms with E-state index in [1.165, 1.54) is 16.0 Å². The average Bonchev–Trinajstić information content (AvgIpc) is 3.34. The summed E-state index contributed by atoms with van der Waals surface area (Å²) in [5.74, 6) is 0.786. The number of carbonyl (C=O) groups is 3. The van der Waals surface area contributed by atoms with Gasteiger partial charge in [0.25, 0.3) is 0 Å². The SMILES string of the molecule is CC(C)c1ccc([C@H]2C[C@@H]2C(=O)NCCCN2C(=O)CCC2=O)cc1. The van der Waals surface area contributed by atoms with E-state index in [-0.39, 0.29) is 23.6 Å². The Morgan fingerprint density at radius 2 is 1.80 bits per heavy atom. The summed E-state index contributed by atoms with van der Waals surface area (Å²) >= 11 is 0. The molecule has 1 saturated carbocycles. The third kappa shape index (κ3) is 4.09. The predicted octanol–water partition coefficient (Wildman–Crippen LogP) is 2.57. The van der Waals surface area contributed by atoms with Crippen molar-refractivity contribution in [2.45, 2.75) is 51.4 Å². The normalized spacial score (nSPS) is 22.6. The molecule has 0 radical (unpaired) electrons. The molecule has 5 heteroatoms. The minimum atomic E-state index is -0.0940. The predicted molar refractivity (Wildman–Crippen MR) is 95.0 cm³/mol. The van der Waals surface area contributed by atoms with Crippen LogP contribution in [0.1, 0.15) is 62.5 Å². The maximum Gasteiger partial charge on any atom is 0.229 e. The van der Waals surface area contributed by atoms with Crippen molar-refractivity contribution in [1.29, 1.82) is 0 Å². The maximum absolute atomic E-state index is 12.2. The van der Waals surface area contributed by atoms with Gasteiger partial charge >= 0.3 is 0 Å². The molecule has 1 N–H and O–H groups in total. The molecule has 5 nitrogen and oxygen atoms in total. The van der Waals surface area contributed by atoms with Crippen LogP contribution >= 0.6 is 0 Å². The van der Waals surface area contributed by atoms with Gasteiger partial charge in [0.1, 0.15) is 0 Å². The summed E-state index contributed by atoms with van der Waals surface area (Å²) in [6, 6.07) is 8.57. The van der Waals surface area contributed by atoms with E-state index in [4.69, 9.17) is 0 Å². The lowest BCUT2D eigenvalue weighted by atomic mass is 10.00. The van der Waals surface area contributed by atoms with E-state index >= 15 is 0 Å². The van der Waals surface area contributed by atoms with Crippen LogP contribution in [0, 0.1) is 5.92 Å². The smallest absolute Gasteiger partial charge is 0.229 e. The fourth-order valence-corrected chi connectivity index (χ4v) is 3.43. The van der Waals surface area contributed by atoms with Gasteiger partial charge in [-0.25, -0.2) is 0 Å².